The number of rotatable bonds is 18. The van der Waals surface area contributed by atoms with Gasteiger partial charge in [-0.3, -0.25) is 9.79 Å². The number of hydrogen-bond donors (Lipinski definition) is 0. The maximum atomic E-state index is 13.4. The topological polar surface area (TPSA) is 63.6 Å². The molecule has 0 radical (unpaired) electrons. The molecule has 0 aromatic heterocycles. The summed E-state index contributed by atoms with van der Waals surface area (Å²) in [4.78, 5) is 21.7. The molecule has 0 saturated carbocycles. The minimum absolute atomic E-state index is 0.00277. The number of nitrogens with zero attached hydrogens (tertiary/aromatic N) is 3. The number of methoxy groups -OCH3 is 1. The van der Waals surface area contributed by atoms with E-state index in [2.05, 4.69) is 48.4 Å². The zero-order chi connectivity index (χ0) is 40.7. The lowest BCUT2D eigenvalue weighted by atomic mass is 9.93. The van der Waals surface area contributed by atoms with E-state index < -0.39 is 18.0 Å². The molecular formula is C43H63ClF3N3O4. The van der Waals surface area contributed by atoms with Crippen LogP contribution in [-0.2, 0) is 4.74 Å². The maximum Gasteiger partial charge on any atom is 0.573 e. The molecule has 0 saturated heterocycles. The normalized spacial score (nSPS) is 11.5. The third kappa shape index (κ3) is 19.1. The summed E-state index contributed by atoms with van der Waals surface area (Å²) in [7, 11) is 3.01. The largest absolute Gasteiger partial charge is 0.573 e. The summed E-state index contributed by atoms with van der Waals surface area (Å²) in [5.74, 6) is -0.772. The highest BCUT2D eigenvalue weighted by Gasteiger charge is 2.32. The Bertz CT molecular complexity index is 1540. The van der Waals surface area contributed by atoms with Crippen molar-refractivity contribution in [3.05, 3.63) is 87.9 Å². The third-order valence-corrected chi connectivity index (χ3v) is 8.72. The minimum atomic E-state index is -4.86. The summed E-state index contributed by atoms with van der Waals surface area (Å²) < 4.78 is 52.5. The molecule has 1 atom stereocenters. The number of para-hydroxylation sites is 1. The van der Waals surface area contributed by atoms with E-state index in [0.29, 0.717) is 11.6 Å². The maximum absolute atomic E-state index is 13.4. The molecule has 11 heteroatoms. The average molecular weight is 778 g/mol. The fourth-order valence-corrected chi connectivity index (χ4v) is 5.68. The second-order valence-corrected chi connectivity index (χ2v) is 13.7. The Morgan fingerprint density at radius 1 is 0.889 bits per heavy atom. The van der Waals surface area contributed by atoms with E-state index in [1.807, 2.05) is 64.1 Å². The first-order valence-corrected chi connectivity index (χ1v) is 19.3. The van der Waals surface area contributed by atoms with Gasteiger partial charge in [-0.15, -0.1) is 13.2 Å². The second kappa shape index (κ2) is 26.2. The SMILES string of the molecule is CC(C)=Nc1ccccc1C.CCCCN(CCC)CCC(CN(C)C(=O)c1cc(OC(F)(F)F)ccc1OC)c1ccc(C)c(Cl)c1.CCCOCC. The highest BCUT2D eigenvalue weighted by molar-refractivity contribution is 6.31. The Morgan fingerprint density at radius 2 is 1.59 bits per heavy atom. The molecule has 7 nitrogen and oxygen atoms in total. The van der Waals surface area contributed by atoms with Gasteiger partial charge in [0.2, 0.25) is 0 Å². The van der Waals surface area contributed by atoms with Gasteiger partial charge in [-0.1, -0.05) is 69.1 Å². The number of alkyl halides is 3. The number of halogens is 4. The molecule has 0 heterocycles. The molecule has 0 N–H and O–H groups in total. The van der Waals surface area contributed by atoms with Crippen LogP contribution in [0.15, 0.2) is 65.7 Å². The molecule has 3 aromatic carbocycles. The number of carbonyl (C=O) groups excluding carboxylic acids is 1. The molecule has 0 aliphatic heterocycles. The fraction of sp³-hybridized carbons (Fsp3) is 0.535. The predicted octanol–water partition coefficient (Wildman–Crippen LogP) is 11.9. The van der Waals surface area contributed by atoms with E-state index in [9.17, 15) is 18.0 Å². The first-order valence-electron chi connectivity index (χ1n) is 18.9. The van der Waals surface area contributed by atoms with Gasteiger partial charge < -0.3 is 24.0 Å². The Labute approximate surface area is 327 Å². The summed E-state index contributed by atoms with van der Waals surface area (Å²) >= 11 is 6.43. The van der Waals surface area contributed by atoms with Gasteiger partial charge in [0, 0.05) is 43.5 Å². The van der Waals surface area contributed by atoms with Crippen molar-refractivity contribution < 1.29 is 32.2 Å². The lowest BCUT2D eigenvalue weighted by Gasteiger charge is -2.29. The molecule has 0 spiro atoms. The molecule has 3 aromatic rings. The van der Waals surface area contributed by atoms with Gasteiger partial charge in [-0.05, 0) is 127 Å². The van der Waals surface area contributed by atoms with Crippen LogP contribution in [0, 0.1) is 13.8 Å². The lowest BCUT2D eigenvalue weighted by molar-refractivity contribution is -0.274. The molecule has 0 aliphatic rings. The first-order chi connectivity index (χ1) is 25.6. The number of aryl methyl sites for hydroxylation is 2. The third-order valence-electron chi connectivity index (χ3n) is 8.32. The van der Waals surface area contributed by atoms with Crippen LogP contribution in [0.2, 0.25) is 5.02 Å². The number of hydrogen-bond acceptors (Lipinski definition) is 6. The van der Waals surface area contributed by atoms with Gasteiger partial charge >= 0.3 is 6.36 Å². The van der Waals surface area contributed by atoms with E-state index in [1.54, 1.807) is 7.05 Å². The van der Waals surface area contributed by atoms with Crippen LogP contribution < -0.4 is 9.47 Å². The summed E-state index contributed by atoms with van der Waals surface area (Å²) in [6.07, 6.45) is 0.365. The van der Waals surface area contributed by atoms with Gasteiger partial charge in [-0.25, -0.2) is 0 Å². The van der Waals surface area contributed by atoms with Crippen LogP contribution in [0.1, 0.15) is 107 Å². The summed E-state index contributed by atoms with van der Waals surface area (Å²) in [6.45, 7) is 21.5. The number of unbranched alkanes of at least 4 members (excludes halogenated alkanes) is 1. The van der Waals surface area contributed by atoms with Crippen molar-refractivity contribution in [2.45, 2.75) is 99.8 Å². The van der Waals surface area contributed by atoms with Crippen molar-refractivity contribution in [3.63, 3.8) is 0 Å². The van der Waals surface area contributed by atoms with Crippen LogP contribution in [0.3, 0.4) is 0 Å². The Hall–Kier alpha value is -3.60. The van der Waals surface area contributed by atoms with E-state index in [1.165, 1.54) is 23.6 Å². The summed E-state index contributed by atoms with van der Waals surface area (Å²) in [6, 6.07) is 17.6. The number of ether oxygens (including phenoxy) is 3. The average Bonchev–Trinajstić information content (AvgIpc) is 3.12. The number of benzene rings is 3. The summed E-state index contributed by atoms with van der Waals surface area (Å²) in [5.41, 5.74) is 5.39. The first kappa shape index (κ1) is 48.4. The molecule has 0 bridgehead atoms. The molecule has 54 heavy (non-hydrogen) atoms. The van der Waals surface area contributed by atoms with E-state index in [0.717, 1.165) is 99.6 Å². The van der Waals surface area contributed by atoms with E-state index in [4.69, 9.17) is 21.1 Å². The van der Waals surface area contributed by atoms with Crippen molar-refractivity contribution in [1.82, 2.24) is 9.80 Å². The summed E-state index contributed by atoms with van der Waals surface area (Å²) in [5, 5.41) is 0.659. The number of carbonyl (C=O) groups is 1. The van der Waals surface area contributed by atoms with Crippen molar-refractivity contribution in [2.24, 2.45) is 4.99 Å². The van der Waals surface area contributed by atoms with Gasteiger partial charge in [0.25, 0.3) is 5.91 Å². The molecule has 0 aliphatic carbocycles. The van der Waals surface area contributed by atoms with E-state index >= 15 is 0 Å². The van der Waals surface area contributed by atoms with Crippen molar-refractivity contribution in [1.29, 1.82) is 0 Å². The zero-order valence-corrected chi connectivity index (χ0v) is 34.9. The highest BCUT2D eigenvalue weighted by atomic mass is 35.5. The molecule has 0 fully saturated rings. The predicted molar refractivity (Wildman–Crippen MR) is 218 cm³/mol. The van der Waals surface area contributed by atoms with Crippen LogP contribution >= 0.6 is 11.6 Å². The molecule has 1 amide bonds. The van der Waals surface area contributed by atoms with Crippen molar-refractivity contribution in [3.8, 4) is 11.5 Å². The van der Waals surface area contributed by atoms with Crippen LogP contribution in [0.5, 0.6) is 11.5 Å². The van der Waals surface area contributed by atoms with Crippen molar-refractivity contribution >= 4 is 28.9 Å². The van der Waals surface area contributed by atoms with Gasteiger partial charge in [0.1, 0.15) is 11.5 Å². The number of aliphatic imine (C=N–C) groups is 1. The van der Waals surface area contributed by atoms with Crippen LogP contribution in [0.25, 0.3) is 0 Å². The molecule has 302 valence electrons. The lowest BCUT2D eigenvalue weighted by Crippen LogP contribution is -2.34. The zero-order valence-electron chi connectivity index (χ0n) is 34.1. The number of likely N-dealkylation sites (N-methyl/N-ethyl adjacent to an activating group) is 1. The monoisotopic (exact) mass is 777 g/mol. The van der Waals surface area contributed by atoms with Gasteiger partial charge in [0.05, 0.1) is 18.4 Å². The minimum Gasteiger partial charge on any atom is -0.496 e. The molecule has 1 unspecified atom stereocenters. The van der Waals surface area contributed by atoms with Gasteiger partial charge in [-0.2, -0.15) is 0 Å². The van der Waals surface area contributed by atoms with Crippen molar-refractivity contribution in [2.75, 3.05) is 53.6 Å². The standard InChI is InChI=1S/C28H38ClF3N2O3.C10H13N.C5H12O/c1-6-8-15-34(14-7-2)16-13-22(21-10-9-20(3)25(29)17-21)19-33(4)27(35)24-18-23(37-28(30,31)32)11-12-26(24)36-5;1-8(2)11-10-7-5-4-6-9(10)3;1-3-5-6-4-2/h9-12,17-18,22H,6-8,13-16,19H2,1-5H3;4-7H,1-3H3;3-5H2,1-2H3. The highest BCUT2D eigenvalue weighted by Crippen LogP contribution is 2.31. The fourth-order valence-electron chi connectivity index (χ4n) is 5.49. The quantitative estimate of drug-likeness (QED) is 0.0951. The van der Waals surface area contributed by atoms with Gasteiger partial charge in [0.15, 0.2) is 0 Å². The van der Waals surface area contributed by atoms with Crippen LogP contribution in [-0.4, -0.2) is 81.3 Å². The Kier molecular flexibility index (Phi) is 23.5. The Morgan fingerprint density at radius 3 is 2.13 bits per heavy atom. The van der Waals surface area contributed by atoms with E-state index in [-0.39, 0.29) is 17.2 Å². The molecular weight excluding hydrogens is 715 g/mol. The second-order valence-electron chi connectivity index (χ2n) is 13.3. The molecule has 3 rings (SSSR count). The smallest absolute Gasteiger partial charge is 0.496 e. The number of amides is 1. The van der Waals surface area contributed by atoms with Crippen LogP contribution in [0.4, 0.5) is 18.9 Å². The Balaban J connectivity index is 0.000000701.